The van der Waals surface area contributed by atoms with Gasteiger partial charge in [0.2, 0.25) is 0 Å². The van der Waals surface area contributed by atoms with E-state index in [2.05, 4.69) is 4.98 Å². The van der Waals surface area contributed by atoms with E-state index in [-0.39, 0.29) is 11.3 Å². The molecule has 0 amide bonds. The maximum atomic E-state index is 11.8. The van der Waals surface area contributed by atoms with Crippen LogP contribution in [0.3, 0.4) is 0 Å². The summed E-state index contributed by atoms with van der Waals surface area (Å²) in [6, 6.07) is 12.4. The molecule has 2 N–H and O–H groups in total. The van der Waals surface area contributed by atoms with Gasteiger partial charge in [0.25, 0.3) is 5.56 Å². The quantitative estimate of drug-likeness (QED) is 0.750. The SMILES string of the molecule is COc1cccc(-c2c[nH]c(=O)c3cccc(O)c23)c1. The van der Waals surface area contributed by atoms with Crippen LogP contribution in [0.15, 0.2) is 53.5 Å². The minimum atomic E-state index is -0.220. The minimum Gasteiger partial charge on any atom is -0.507 e. The van der Waals surface area contributed by atoms with Gasteiger partial charge >= 0.3 is 0 Å². The minimum absolute atomic E-state index is 0.0893. The third kappa shape index (κ3) is 1.91. The molecule has 4 nitrogen and oxygen atoms in total. The second-order valence-electron chi connectivity index (χ2n) is 4.46. The van der Waals surface area contributed by atoms with Gasteiger partial charge in [-0.1, -0.05) is 18.2 Å². The van der Waals surface area contributed by atoms with Gasteiger partial charge in [-0.25, -0.2) is 0 Å². The first-order valence-electron chi connectivity index (χ1n) is 6.18. The summed E-state index contributed by atoms with van der Waals surface area (Å²) in [5.74, 6) is 0.809. The van der Waals surface area contributed by atoms with Crippen molar-refractivity contribution in [1.29, 1.82) is 0 Å². The summed E-state index contributed by atoms with van der Waals surface area (Å²) in [5, 5.41) is 11.1. The molecule has 0 saturated heterocycles. The van der Waals surface area contributed by atoms with E-state index >= 15 is 0 Å². The fraction of sp³-hybridized carbons (Fsp3) is 0.0625. The number of hydrogen-bond acceptors (Lipinski definition) is 3. The van der Waals surface area contributed by atoms with Gasteiger partial charge in [0.05, 0.1) is 12.5 Å². The summed E-state index contributed by atoms with van der Waals surface area (Å²) in [6.45, 7) is 0. The van der Waals surface area contributed by atoms with Crippen LogP contribution in [0, 0.1) is 0 Å². The monoisotopic (exact) mass is 267 g/mol. The smallest absolute Gasteiger partial charge is 0.255 e. The highest BCUT2D eigenvalue weighted by molar-refractivity contribution is 5.99. The molecule has 0 aliphatic carbocycles. The number of ether oxygens (including phenoxy) is 1. The normalized spacial score (nSPS) is 10.7. The highest BCUT2D eigenvalue weighted by atomic mass is 16.5. The number of aromatic amines is 1. The van der Waals surface area contributed by atoms with Gasteiger partial charge in [0, 0.05) is 17.1 Å². The predicted octanol–water partition coefficient (Wildman–Crippen LogP) is 2.91. The van der Waals surface area contributed by atoms with Crippen LogP contribution < -0.4 is 10.3 Å². The third-order valence-corrected chi connectivity index (χ3v) is 3.28. The average Bonchev–Trinajstić information content (AvgIpc) is 2.48. The van der Waals surface area contributed by atoms with E-state index in [9.17, 15) is 9.90 Å². The molecule has 20 heavy (non-hydrogen) atoms. The second kappa shape index (κ2) is 4.74. The van der Waals surface area contributed by atoms with Crippen LogP contribution in [0.2, 0.25) is 0 Å². The Bertz CT molecular complexity index is 836. The molecule has 2 aromatic carbocycles. The molecule has 0 bridgehead atoms. The van der Waals surface area contributed by atoms with Crippen LogP contribution in [0.4, 0.5) is 0 Å². The van der Waals surface area contributed by atoms with Crippen LogP contribution in [0.1, 0.15) is 0 Å². The van der Waals surface area contributed by atoms with Gasteiger partial charge in [-0.3, -0.25) is 4.79 Å². The van der Waals surface area contributed by atoms with Crippen molar-refractivity contribution in [1.82, 2.24) is 4.98 Å². The Labute approximate surface area is 115 Å². The summed E-state index contributed by atoms with van der Waals surface area (Å²) in [6.07, 6.45) is 1.61. The van der Waals surface area contributed by atoms with Gasteiger partial charge in [-0.2, -0.15) is 0 Å². The van der Waals surface area contributed by atoms with Gasteiger partial charge in [0.15, 0.2) is 0 Å². The van der Waals surface area contributed by atoms with Crippen LogP contribution >= 0.6 is 0 Å². The van der Waals surface area contributed by atoms with Crippen molar-refractivity contribution < 1.29 is 9.84 Å². The zero-order chi connectivity index (χ0) is 14.1. The summed E-state index contributed by atoms with van der Waals surface area (Å²) in [4.78, 5) is 14.5. The van der Waals surface area contributed by atoms with Crippen molar-refractivity contribution in [2.75, 3.05) is 7.11 Å². The summed E-state index contributed by atoms with van der Waals surface area (Å²) < 4.78 is 5.21. The topological polar surface area (TPSA) is 62.3 Å². The number of H-pyrrole nitrogens is 1. The summed E-state index contributed by atoms with van der Waals surface area (Å²) in [7, 11) is 1.60. The number of aromatic hydroxyl groups is 1. The highest BCUT2D eigenvalue weighted by Crippen LogP contribution is 2.33. The molecular formula is C16H13NO3. The van der Waals surface area contributed by atoms with E-state index in [0.717, 1.165) is 16.9 Å². The number of pyridine rings is 1. The van der Waals surface area contributed by atoms with Gasteiger partial charge in [-0.15, -0.1) is 0 Å². The van der Waals surface area contributed by atoms with E-state index in [0.29, 0.717) is 10.8 Å². The van der Waals surface area contributed by atoms with Crippen molar-refractivity contribution in [3.63, 3.8) is 0 Å². The van der Waals surface area contributed by atoms with Gasteiger partial charge in [-0.05, 0) is 29.8 Å². The van der Waals surface area contributed by atoms with Crippen molar-refractivity contribution in [3.05, 3.63) is 59.0 Å². The third-order valence-electron chi connectivity index (χ3n) is 3.28. The second-order valence-corrected chi connectivity index (χ2v) is 4.46. The number of benzene rings is 2. The van der Waals surface area contributed by atoms with E-state index in [1.54, 1.807) is 31.5 Å². The number of fused-ring (bicyclic) bond motifs is 1. The molecular weight excluding hydrogens is 254 g/mol. The first kappa shape index (κ1) is 12.3. The molecule has 3 rings (SSSR count). The van der Waals surface area contributed by atoms with Crippen LogP contribution in [0.5, 0.6) is 11.5 Å². The molecule has 0 aliphatic rings. The fourth-order valence-electron chi connectivity index (χ4n) is 2.32. The Hall–Kier alpha value is -2.75. The first-order chi connectivity index (χ1) is 9.70. The number of rotatable bonds is 2. The van der Waals surface area contributed by atoms with Crippen molar-refractivity contribution in [3.8, 4) is 22.6 Å². The number of phenols is 1. The predicted molar refractivity (Wildman–Crippen MR) is 78.2 cm³/mol. The summed E-state index contributed by atoms with van der Waals surface area (Å²) in [5.41, 5.74) is 1.41. The number of phenolic OH excluding ortho intramolecular Hbond substituents is 1. The van der Waals surface area contributed by atoms with Crippen molar-refractivity contribution in [2.45, 2.75) is 0 Å². The van der Waals surface area contributed by atoms with E-state index in [1.165, 1.54) is 0 Å². The highest BCUT2D eigenvalue weighted by Gasteiger charge is 2.11. The molecule has 4 heteroatoms. The molecule has 1 heterocycles. The number of methoxy groups -OCH3 is 1. The van der Waals surface area contributed by atoms with Gasteiger partial charge in [0.1, 0.15) is 11.5 Å². The lowest BCUT2D eigenvalue weighted by atomic mass is 10.00. The largest absolute Gasteiger partial charge is 0.507 e. The zero-order valence-electron chi connectivity index (χ0n) is 10.9. The Morgan fingerprint density at radius 2 is 1.95 bits per heavy atom. The molecule has 0 atom stereocenters. The molecule has 0 unspecified atom stereocenters. The molecule has 1 aromatic heterocycles. The first-order valence-corrected chi connectivity index (χ1v) is 6.18. The number of hydrogen-bond donors (Lipinski definition) is 2. The lowest BCUT2D eigenvalue weighted by molar-refractivity contribution is 0.415. The Balaban J connectivity index is 2.36. The molecule has 100 valence electrons. The lowest BCUT2D eigenvalue weighted by Gasteiger charge is -2.09. The van der Waals surface area contributed by atoms with Gasteiger partial charge < -0.3 is 14.8 Å². The Morgan fingerprint density at radius 3 is 2.75 bits per heavy atom. The molecule has 0 fully saturated rings. The molecule has 0 saturated carbocycles. The molecule has 0 radical (unpaired) electrons. The molecule has 0 spiro atoms. The van der Waals surface area contributed by atoms with Crippen molar-refractivity contribution in [2.24, 2.45) is 0 Å². The molecule has 3 aromatic rings. The zero-order valence-corrected chi connectivity index (χ0v) is 10.9. The standard InChI is InChI=1S/C16H13NO3/c1-20-11-5-2-4-10(8-11)13-9-17-16(19)12-6-3-7-14(18)15(12)13/h2-9,18H,1H3,(H,17,19). The molecule has 0 aliphatic heterocycles. The lowest BCUT2D eigenvalue weighted by Crippen LogP contribution is -2.05. The average molecular weight is 267 g/mol. The van der Waals surface area contributed by atoms with Crippen LogP contribution in [0.25, 0.3) is 21.9 Å². The maximum Gasteiger partial charge on any atom is 0.255 e. The number of aromatic nitrogens is 1. The number of nitrogens with one attached hydrogen (secondary N) is 1. The van der Waals surface area contributed by atoms with Crippen molar-refractivity contribution >= 4 is 10.8 Å². The van der Waals surface area contributed by atoms with Crippen LogP contribution in [-0.2, 0) is 0 Å². The van der Waals surface area contributed by atoms with E-state index < -0.39 is 0 Å². The van der Waals surface area contributed by atoms with E-state index in [1.807, 2.05) is 24.3 Å². The Kier molecular flexibility index (Phi) is 2.91. The van der Waals surface area contributed by atoms with Crippen LogP contribution in [-0.4, -0.2) is 17.2 Å². The summed E-state index contributed by atoms with van der Waals surface area (Å²) >= 11 is 0. The maximum absolute atomic E-state index is 11.8. The van der Waals surface area contributed by atoms with E-state index in [4.69, 9.17) is 4.74 Å². The fourth-order valence-corrected chi connectivity index (χ4v) is 2.32. The Morgan fingerprint density at radius 1 is 1.15 bits per heavy atom.